The number of guanidine groups is 1. The number of fused-ring (bicyclic) bond motifs is 1. The monoisotopic (exact) mass is 426 g/mol. The summed E-state index contributed by atoms with van der Waals surface area (Å²) >= 11 is 7.76. The predicted molar refractivity (Wildman–Crippen MR) is 112 cm³/mol. The van der Waals surface area contributed by atoms with Gasteiger partial charge in [-0.05, 0) is 25.1 Å². The number of nitrogens with one attached hydrogen (secondary N) is 1. The SMILES string of the molecule is CC1=CC(c2nn(C)cc2Cl)N=C(Nc2nc3ccccc3o2)N1c1nncs1. The van der Waals surface area contributed by atoms with E-state index in [1.165, 1.54) is 11.3 Å². The molecule has 0 amide bonds. The van der Waals surface area contributed by atoms with E-state index in [1.807, 2.05) is 49.2 Å². The van der Waals surface area contributed by atoms with Crippen molar-refractivity contribution in [1.82, 2.24) is 25.0 Å². The summed E-state index contributed by atoms with van der Waals surface area (Å²) in [7, 11) is 1.82. The number of rotatable bonds is 3. The molecule has 4 heterocycles. The van der Waals surface area contributed by atoms with Crippen molar-refractivity contribution >= 4 is 51.1 Å². The summed E-state index contributed by atoms with van der Waals surface area (Å²) in [5, 5.41) is 17.0. The van der Waals surface area contributed by atoms with Gasteiger partial charge < -0.3 is 4.42 Å². The zero-order valence-electron chi connectivity index (χ0n) is 15.4. The molecule has 5 rings (SSSR count). The lowest BCUT2D eigenvalue weighted by Gasteiger charge is -2.28. The topological polar surface area (TPSA) is 97.3 Å². The fourth-order valence-electron chi connectivity index (χ4n) is 3.13. The number of benzene rings is 1. The molecule has 0 aliphatic carbocycles. The molecular formula is C18H15ClN8OS. The first-order valence-corrected chi connectivity index (χ1v) is 9.98. The third-order valence-electron chi connectivity index (χ3n) is 4.37. The van der Waals surface area contributed by atoms with Crippen LogP contribution in [0.15, 0.2) is 57.2 Å². The standard InChI is InChI=1S/C18H15ClN8OS/c1-10-7-13(15-11(19)8-26(2)25-15)21-16(27(10)18-24-20-9-29-18)23-17-22-12-5-3-4-6-14(12)28-17/h3-9,13H,1-2H3,(H,21,22,23). The molecule has 1 aromatic carbocycles. The van der Waals surface area contributed by atoms with Crippen molar-refractivity contribution in [3.8, 4) is 0 Å². The van der Waals surface area contributed by atoms with Crippen LogP contribution in [0.5, 0.6) is 0 Å². The van der Waals surface area contributed by atoms with Gasteiger partial charge in [0.15, 0.2) is 5.58 Å². The molecule has 3 aromatic heterocycles. The third-order valence-corrected chi connectivity index (χ3v) is 5.33. The van der Waals surface area contributed by atoms with Gasteiger partial charge >= 0.3 is 6.01 Å². The highest BCUT2D eigenvalue weighted by Crippen LogP contribution is 2.33. The normalized spacial score (nSPS) is 16.8. The first kappa shape index (κ1) is 17.8. The molecule has 146 valence electrons. The van der Waals surface area contributed by atoms with Crippen LogP contribution in [-0.4, -0.2) is 30.9 Å². The molecule has 0 radical (unpaired) electrons. The Labute approximate surface area is 174 Å². The number of anilines is 2. The number of hydrogen-bond donors (Lipinski definition) is 1. The lowest BCUT2D eigenvalue weighted by Crippen LogP contribution is -2.38. The molecule has 0 bridgehead atoms. The molecule has 1 aliphatic heterocycles. The predicted octanol–water partition coefficient (Wildman–Crippen LogP) is 4.00. The molecule has 9 nitrogen and oxygen atoms in total. The maximum atomic E-state index is 6.36. The average Bonchev–Trinajstić information content (AvgIpc) is 3.41. The Balaban J connectivity index is 1.57. The molecule has 0 saturated carbocycles. The fourth-order valence-corrected chi connectivity index (χ4v) is 4.04. The second-order valence-electron chi connectivity index (χ2n) is 6.41. The number of oxazole rings is 1. The zero-order valence-corrected chi connectivity index (χ0v) is 17.0. The minimum Gasteiger partial charge on any atom is -0.423 e. The molecule has 1 aliphatic rings. The second-order valence-corrected chi connectivity index (χ2v) is 7.63. The molecule has 1 unspecified atom stereocenters. The first-order chi connectivity index (χ1) is 14.1. The van der Waals surface area contributed by atoms with Gasteiger partial charge in [0.25, 0.3) is 0 Å². The van der Waals surface area contributed by atoms with Gasteiger partial charge in [0, 0.05) is 18.9 Å². The van der Waals surface area contributed by atoms with Gasteiger partial charge in [-0.1, -0.05) is 35.1 Å². The molecule has 0 spiro atoms. The maximum Gasteiger partial charge on any atom is 0.302 e. The van der Waals surface area contributed by atoms with E-state index in [4.69, 9.17) is 21.0 Å². The Kier molecular flexibility index (Phi) is 4.29. The van der Waals surface area contributed by atoms with Crippen LogP contribution in [0.4, 0.5) is 11.1 Å². The van der Waals surface area contributed by atoms with Gasteiger partial charge in [-0.3, -0.25) is 14.9 Å². The van der Waals surface area contributed by atoms with Crippen molar-refractivity contribution in [2.45, 2.75) is 13.0 Å². The molecular weight excluding hydrogens is 412 g/mol. The van der Waals surface area contributed by atoms with E-state index in [1.54, 1.807) is 16.4 Å². The lowest BCUT2D eigenvalue weighted by atomic mass is 10.1. The Bertz CT molecular complexity index is 1210. The second kappa shape index (κ2) is 6.98. The van der Waals surface area contributed by atoms with Gasteiger partial charge in [0.2, 0.25) is 11.1 Å². The molecule has 0 fully saturated rings. The Morgan fingerprint density at radius 3 is 2.86 bits per heavy atom. The number of para-hydroxylation sites is 2. The van der Waals surface area contributed by atoms with E-state index >= 15 is 0 Å². The first-order valence-electron chi connectivity index (χ1n) is 8.72. The van der Waals surface area contributed by atoms with Crippen molar-refractivity contribution < 1.29 is 4.42 Å². The van der Waals surface area contributed by atoms with Crippen LogP contribution in [-0.2, 0) is 7.05 Å². The summed E-state index contributed by atoms with van der Waals surface area (Å²) in [5.41, 5.74) is 4.68. The van der Waals surface area contributed by atoms with E-state index in [-0.39, 0.29) is 6.04 Å². The van der Waals surface area contributed by atoms with Gasteiger partial charge in [-0.2, -0.15) is 10.1 Å². The Morgan fingerprint density at radius 1 is 1.28 bits per heavy atom. The number of allylic oxidation sites excluding steroid dienone is 1. The summed E-state index contributed by atoms with van der Waals surface area (Å²) in [6, 6.07) is 7.53. The molecule has 4 aromatic rings. The summed E-state index contributed by atoms with van der Waals surface area (Å²) in [4.78, 5) is 11.2. The van der Waals surface area contributed by atoms with Crippen LogP contribution in [0.1, 0.15) is 18.7 Å². The van der Waals surface area contributed by atoms with Crippen LogP contribution < -0.4 is 10.2 Å². The average molecular weight is 427 g/mol. The van der Waals surface area contributed by atoms with Crippen LogP contribution in [0.25, 0.3) is 11.1 Å². The molecule has 1 atom stereocenters. The van der Waals surface area contributed by atoms with E-state index in [2.05, 4.69) is 25.6 Å². The van der Waals surface area contributed by atoms with Crippen molar-refractivity contribution in [3.63, 3.8) is 0 Å². The zero-order chi connectivity index (χ0) is 20.0. The van der Waals surface area contributed by atoms with E-state index in [0.717, 1.165) is 11.2 Å². The minimum atomic E-state index is -0.361. The van der Waals surface area contributed by atoms with E-state index < -0.39 is 0 Å². The minimum absolute atomic E-state index is 0.333. The van der Waals surface area contributed by atoms with Gasteiger partial charge in [0.05, 0.1) is 5.02 Å². The van der Waals surface area contributed by atoms with Crippen LogP contribution in [0, 0.1) is 0 Å². The molecule has 1 N–H and O–H groups in total. The quantitative estimate of drug-likeness (QED) is 0.528. The summed E-state index contributed by atoms with van der Waals surface area (Å²) < 4.78 is 7.48. The molecule has 0 saturated heterocycles. The van der Waals surface area contributed by atoms with Crippen LogP contribution >= 0.6 is 22.9 Å². The maximum absolute atomic E-state index is 6.36. The van der Waals surface area contributed by atoms with Crippen molar-refractivity contribution in [1.29, 1.82) is 0 Å². The third kappa shape index (κ3) is 3.26. The van der Waals surface area contributed by atoms with Crippen LogP contribution in [0.3, 0.4) is 0 Å². The number of aromatic nitrogens is 5. The molecule has 29 heavy (non-hydrogen) atoms. The fraction of sp³-hybridized carbons (Fsp3) is 0.167. The van der Waals surface area contributed by atoms with Crippen molar-refractivity contribution in [2.75, 3.05) is 10.2 Å². The highest BCUT2D eigenvalue weighted by molar-refractivity contribution is 7.13. The Morgan fingerprint density at radius 2 is 2.14 bits per heavy atom. The van der Waals surface area contributed by atoms with Crippen molar-refractivity contribution in [2.24, 2.45) is 12.0 Å². The summed E-state index contributed by atoms with van der Waals surface area (Å²) in [6.45, 7) is 1.97. The van der Waals surface area contributed by atoms with Crippen molar-refractivity contribution in [3.05, 3.63) is 58.5 Å². The summed E-state index contributed by atoms with van der Waals surface area (Å²) in [6.07, 6.45) is 3.73. The van der Waals surface area contributed by atoms with E-state index in [0.29, 0.717) is 33.4 Å². The number of halogens is 1. The lowest BCUT2D eigenvalue weighted by molar-refractivity contribution is 0.623. The summed E-state index contributed by atoms with van der Waals surface area (Å²) in [5.74, 6) is 0.500. The van der Waals surface area contributed by atoms with Gasteiger partial charge in [-0.15, -0.1) is 10.2 Å². The van der Waals surface area contributed by atoms with E-state index in [9.17, 15) is 0 Å². The largest absolute Gasteiger partial charge is 0.423 e. The number of nitrogens with zero attached hydrogens (tertiary/aromatic N) is 7. The number of aliphatic imine (C=N–C) groups is 1. The smallest absolute Gasteiger partial charge is 0.302 e. The van der Waals surface area contributed by atoms with Crippen LogP contribution in [0.2, 0.25) is 5.02 Å². The Hall–Kier alpha value is -3.24. The molecule has 11 heteroatoms. The highest BCUT2D eigenvalue weighted by atomic mass is 35.5. The highest BCUT2D eigenvalue weighted by Gasteiger charge is 2.29. The van der Waals surface area contributed by atoms with Gasteiger partial charge in [0.1, 0.15) is 22.8 Å². The number of aryl methyl sites for hydroxylation is 1. The number of hydrogen-bond acceptors (Lipinski definition) is 9. The van der Waals surface area contributed by atoms with Gasteiger partial charge in [-0.25, -0.2) is 4.99 Å².